The Morgan fingerprint density at radius 3 is 2.85 bits per heavy atom. The highest BCUT2D eigenvalue weighted by Gasteiger charge is 2.17. The summed E-state index contributed by atoms with van der Waals surface area (Å²) in [5, 5.41) is 9.69. The average molecular weight is 177 g/mol. The minimum atomic E-state index is -0.909. The van der Waals surface area contributed by atoms with Gasteiger partial charge in [-0.3, -0.25) is 4.40 Å². The first kappa shape index (κ1) is 8.19. The first-order chi connectivity index (χ1) is 6.07. The number of aromatic nitrogens is 3. The van der Waals surface area contributed by atoms with E-state index in [2.05, 4.69) is 9.97 Å². The molecule has 0 amide bonds. The summed E-state index contributed by atoms with van der Waals surface area (Å²) in [6.45, 7) is 3.41. The van der Waals surface area contributed by atoms with E-state index in [9.17, 15) is 5.11 Å². The number of aliphatic hydroxyl groups is 1. The number of nitrogens with zero attached hydrogens (tertiary/aromatic N) is 3. The largest absolute Gasteiger partial charge is 0.384 e. The Bertz CT molecular complexity index is 428. The summed E-state index contributed by atoms with van der Waals surface area (Å²) < 4.78 is 1.80. The molecule has 13 heavy (non-hydrogen) atoms. The zero-order valence-electron chi connectivity index (χ0n) is 7.60. The molecule has 2 aromatic heterocycles. The van der Waals surface area contributed by atoms with E-state index >= 15 is 0 Å². The van der Waals surface area contributed by atoms with Gasteiger partial charge in [0, 0.05) is 18.6 Å². The van der Waals surface area contributed by atoms with Crippen LogP contribution in [0, 0.1) is 0 Å². The summed E-state index contributed by atoms with van der Waals surface area (Å²) >= 11 is 0. The number of imidazole rings is 1. The third-order valence-electron chi connectivity index (χ3n) is 1.89. The Morgan fingerprint density at radius 1 is 1.38 bits per heavy atom. The first-order valence-corrected chi connectivity index (χ1v) is 4.10. The van der Waals surface area contributed by atoms with Crippen molar-refractivity contribution < 1.29 is 5.11 Å². The standard InChI is InChI=1S/C9H11N3O/c1-9(2,13)7-3-5-12-6-4-10-8(12)11-7/h3-6,13H,1-2H3. The van der Waals surface area contributed by atoms with Gasteiger partial charge in [0.2, 0.25) is 5.78 Å². The van der Waals surface area contributed by atoms with Crippen LogP contribution in [-0.4, -0.2) is 19.5 Å². The number of fused-ring (bicyclic) bond motifs is 1. The van der Waals surface area contributed by atoms with Crippen LogP contribution >= 0.6 is 0 Å². The van der Waals surface area contributed by atoms with Crippen molar-refractivity contribution in [3.8, 4) is 0 Å². The summed E-state index contributed by atoms with van der Waals surface area (Å²) in [4.78, 5) is 8.24. The molecule has 0 aromatic carbocycles. The first-order valence-electron chi connectivity index (χ1n) is 4.10. The summed E-state index contributed by atoms with van der Waals surface area (Å²) in [6.07, 6.45) is 5.33. The summed E-state index contributed by atoms with van der Waals surface area (Å²) in [5.74, 6) is 0.611. The SMILES string of the molecule is CC(C)(O)c1ccn2ccnc2n1. The lowest BCUT2D eigenvalue weighted by Gasteiger charge is -2.15. The fraction of sp³-hybridized carbons (Fsp3) is 0.333. The van der Waals surface area contributed by atoms with Crippen LogP contribution in [0.25, 0.3) is 5.78 Å². The Kier molecular flexibility index (Phi) is 1.60. The Morgan fingerprint density at radius 2 is 2.15 bits per heavy atom. The van der Waals surface area contributed by atoms with Crippen LogP contribution in [0.1, 0.15) is 19.5 Å². The van der Waals surface area contributed by atoms with Gasteiger partial charge in [-0.15, -0.1) is 0 Å². The van der Waals surface area contributed by atoms with Crippen molar-refractivity contribution in [2.45, 2.75) is 19.4 Å². The third kappa shape index (κ3) is 1.40. The Hall–Kier alpha value is -1.42. The molecule has 0 saturated carbocycles. The smallest absolute Gasteiger partial charge is 0.234 e. The zero-order chi connectivity index (χ0) is 9.47. The van der Waals surface area contributed by atoms with Crippen molar-refractivity contribution in [1.82, 2.24) is 14.4 Å². The van der Waals surface area contributed by atoms with E-state index in [1.54, 1.807) is 30.5 Å². The molecule has 0 aliphatic carbocycles. The minimum Gasteiger partial charge on any atom is -0.384 e. The highest BCUT2D eigenvalue weighted by molar-refractivity contribution is 5.30. The summed E-state index contributed by atoms with van der Waals surface area (Å²) in [5.41, 5.74) is -0.278. The Labute approximate surface area is 75.9 Å². The minimum absolute atomic E-state index is 0.611. The van der Waals surface area contributed by atoms with Crippen LogP contribution in [0.15, 0.2) is 24.7 Å². The van der Waals surface area contributed by atoms with Gasteiger partial charge in [0.25, 0.3) is 0 Å². The molecule has 1 N–H and O–H groups in total. The molecule has 4 nitrogen and oxygen atoms in total. The molecule has 0 bridgehead atoms. The molecule has 0 spiro atoms. The molecule has 4 heteroatoms. The fourth-order valence-electron chi connectivity index (χ4n) is 1.14. The van der Waals surface area contributed by atoms with Gasteiger partial charge in [-0.25, -0.2) is 9.97 Å². The molecule has 0 aliphatic rings. The zero-order valence-corrected chi connectivity index (χ0v) is 7.60. The molecule has 0 fully saturated rings. The quantitative estimate of drug-likeness (QED) is 0.705. The average Bonchev–Trinajstić information content (AvgIpc) is 2.47. The van der Waals surface area contributed by atoms with Crippen LogP contribution in [-0.2, 0) is 5.60 Å². The van der Waals surface area contributed by atoms with Gasteiger partial charge < -0.3 is 5.11 Å². The molecule has 2 rings (SSSR count). The van der Waals surface area contributed by atoms with Gasteiger partial charge in [-0.05, 0) is 19.9 Å². The van der Waals surface area contributed by atoms with Crippen molar-refractivity contribution in [1.29, 1.82) is 0 Å². The summed E-state index contributed by atoms with van der Waals surface area (Å²) in [6, 6.07) is 1.79. The van der Waals surface area contributed by atoms with Crippen molar-refractivity contribution >= 4 is 5.78 Å². The van der Waals surface area contributed by atoms with Gasteiger partial charge in [-0.2, -0.15) is 0 Å². The lowest BCUT2D eigenvalue weighted by Crippen LogP contribution is -2.17. The van der Waals surface area contributed by atoms with E-state index in [1.807, 2.05) is 12.4 Å². The molecular weight excluding hydrogens is 166 g/mol. The lowest BCUT2D eigenvalue weighted by atomic mass is 10.1. The van der Waals surface area contributed by atoms with Crippen LogP contribution < -0.4 is 0 Å². The fourth-order valence-corrected chi connectivity index (χ4v) is 1.14. The van der Waals surface area contributed by atoms with Crippen molar-refractivity contribution in [2.75, 3.05) is 0 Å². The second kappa shape index (κ2) is 2.53. The Balaban J connectivity index is 2.61. The number of hydrogen-bond donors (Lipinski definition) is 1. The van der Waals surface area contributed by atoms with Gasteiger partial charge in [0.15, 0.2) is 0 Å². The predicted molar refractivity (Wildman–Crippen MR) is 48.2 cm³/mol. The number of hydrogen-bond acceptors (Lipinski definition) is 3. The van der Waals surface area contributed by atoms with E-state index in [0.717, 1.165) is 0 Å². The van der Waals surface area contributed by atoms with E-state index < -0.39 is 5.60 Å². The second-order valence-electron chi connectivity index (χ2n) is 3.51. The van der Waals surface area contributed by atoms with Crippen molar-refractivity contribution in [2.24, 2.45) is 0 Å². The van der Waals surface area contributed by atoms with Gasteiger partial charge in [0.05, 0.1) is 5.69 Å². The van der Waals surface area contributed by atoms with Gasteiger partial charge in [-0.1, -0.05) is 0 Å². The lowest BCUT2D eigenvalue weighted by molar-refractivity contribution is 0.0739. The second-order valence-corrected chi connectivity index (χ2v) is 3.51. The van der Waals surface area contributed by atoms with Gasteiger partial charge in [0.1, 0.15) is 5.60 Å². The van der Waals surface area contributed by atoms with Crippen LogP contribution in [0.4, 0.5) is 0 Å². The maximum Gasteiger partial charge on any atom is 0.234 e. The molecule has 2 heterocycles. The molecule has 0 atom stereocenters. The maximum atomic E-state index is 9.69. The van der Waals surface area contributed by atoms with E-state index in [-0.39, 0.29) is 0 Å². The topological polar surface area (TPSA) is 50.4 Å². The highest BCUT2D eigenvalue weighted by atomic mass is 16.3. The van der Waals surface area contributed by atoms with E-state index in [4.69, 9.17) is 0 Å². The molecule has 0 aliphatic heterocycles. The molecule has 0 radical (unpaired) electrons. The predicted octanol–water partition coefficient (Wildman–Crippen LogP) is 0.957. The van der Waals surface area contributed by atoms with E-state index in [0.29, 0.717) is 11.5 Å². The molecule has 0 saturated heterocycles. The molecule has 0 unspecified atom stereocenters. The van der Waals surface area contributed by atoms with Gasteiger partial charge >= 0.3 is 0 Å². The van der Waals surface area contributed by atoms with Crippen LogP contribution in [0.5, 0.6) is 0 Å². The third-order valence-corrected chi connectivity index (χ3v) is 1.89. The number of rotatable bonds is 1. The molecular formula is C9H11N3O. The van der Waals surface area contributed by atoms with Crippen LogP contribution in [0.2, 0.25) is 0 Å². The highest BCUT2D eigenvalue weighted by Crippen LogP contribution is 2.16. The van der Waals surface area contributed by atoms with Crippen molar-refractivity contribution in [3.05, 3.63) is 30.4 Å². The van der Waals surface area contributed by atoms with E-state index in [1.165, 1.54) is 0 Å². The maximum absolute atomic E-state index is 9.69. The molecule has 68 valence electrons. The monoisotopic (exact) mass is 177 g/mol. The normalized spacial score (nSPS) is 12.2. The summed E-state index contributed by atoms with van der Waals surface area (Å²) in [7, 11) is 0. The van der Waals surface area contributed by atoms with Crippen molar-refractivity contribution in [3.63, 3.8) is 0 Å². The molecule has 2 aromatic rings. The van der Waals surface area contributed by atoms with Crippen LogP contribution in [0.3, 0.4) is 0 Å².